The predicted molar refractivity (Wildman–Crippen MR) is 95.2 cm³/mol. The van der Waals surface area contributed by atoms with E-state index in [2.05, 4.69) is 10.9 Å². The summed E-state index contributed by atoms with van der Waals surface area (Å²) >= 11 is 0.989. The molecule has 0 atom stereocenters. The van der Waals surface area contributed by atoms with E-state index in [4.69, 9.17) is 4.42 Å². The summed E-state index contributed by atoms with van der Waals surface area (Å²) in [6.07, 6.45) is 0. The van der Waals surface area contributed by atoms with Crippen molar-refractivity contribution in [1.29, 1.82) is 0 Å². The lowest BCUT2D eigenvalue weighted by Crippen LogP contribution is -2.43. The van der Waals surface area contributed by atoms with Gasteiger partial charge >= 0.3 is 5.63 Å². The van der Waals surface area contributed by atoms with Gasteiger partial charge in [-0.1, -0.05) is 30.3 Å². The smallest absolute Gasteiger partial charge is 0.349 e. The molecule has 0 unspecified atom stereocenters. The molecule has 8 heteroatoms. The number of carbonyl (C=O) groups excluding carboxylic acids is 2. The molecule has 0 saturated heterocycles. The molecule has 3 rings (SSSR count). The molecule has 6 nitrogen and oxygen atoms in total. The van der Waals surface area contributed by atoms with E-state index in [1.54, 1.807) is 42.5 Å². The standard InChI is InChI=1S/C18H13FN2O4S/c19-13-6-2-4-8-15(13)26-10-16(22)20-21-17(23)12-9-11-5-1-3-7-14(11)25-18(12)24/h1-9H,10H2,(H,20,22)(H,21,23). The van der Waals surface area contributed by atoms with Crippen molar-refractivity contribution in [1.82, 2.24) is 10.9 Å². The van der Waals surface area contributed by atoms with Crippen LogP contribution in [0.25, 0.3) is 11.0 Å². The van der Waals surface area contributed by atoms with Crippen LogP contribution in [0.15, 0.2) is 68.7 Å². The fraction of sp³-hybridized carbons (Fsp3) is 0.0556. The van der Waals surface area contributed by atoms with Gasteiger partial charge in [0.2, 0.25) is 5.91 Å². The summed E-state index contributed by atoms with van der Waals surface area (Å²) in [6.45, 7) is 0. The number of hydrogen-bond acceptors (Lipinski definition) is 5. The molecule has 0 saturated carbocycles. The molecule has 0 fully saturated rings. The number of nitrogens with one attached hydrogen (secondary N) is 2. The summed E-state index contributed by atoms with van der Waals surface area (Å²) in [5.41, 5.74) is 3.65. The number of amides is 2. The molecule has 0 aliphatic carbocycles. The Morgan fingerprint density at radius 1 is 1.04 bits per heavy atom. The Balaban J connectivity index is 1.60. The summed E-state index contributed by atoms with van der Waals surface area (Å²) < 4.78 is 18.5. The van der Waals surface area contributed by atoms with E-state index in [1.807, 2.05) is 0 Å². The number of hydrazine groups is 1. The number of thioether (sulfide) groups is 1. The molecule has 1 aromatic heterocycles. The first-order valence-corrected chi connectivity index (χ1v) is 8.52. The zero-order valence-corrected chi connectivity index (χ0v) is 14.1. The summed E-state index contributed by atoms with van der Waals surface area (Å²) in [6, 6.07) is 14.2. The van der Waals surface area contributed by atoms with Gasteiger partial charge in [-0.15, -0.1) is 11.8 Å². The van der Waals surface area contributed by atoms with Crippen LogP contribution in [0.3, 0.4) is 0 Å². The van der Waals surface area contributed by atoms with E-state index >= 15 is 0 Å². The van der Waals surface area contributed by atoms with Crippen molar-refractivity contribution in [3.8, 4) is 0 Å². The number of halogens is 1. The largest absolute Gasteiger partial charge is 0.422 e. The maximum atomic E-state index is 13.5. The van der Waals surface area contributed by atoms with Gasteiger partial charge in [-0.2, -0.15) is 0 Å². The summed E-state index contributed by atoms with van der Waals surface area (Å²) in [5, 5.41) is 0.582. The number of para-hydroxylation sites is 1. The van der Waals surface area contributed by atoms with Crippen LogP contribution in [-0.2, 0) is 4.79 Å². The third kappa shape index (κ3) is 4.09. The van der Waals surface area contributed by atoms with E-state index in [9.17, 15) is 18.8 Å². The molecule has 1 heterocycles. The van der Waals surface area contributed by atoms with Gasteiger partial charge in [-0.3, -0.25) is 20.4 Å². The van der Waals surface area contributed by atoms with Gasteiger partial charge in [0.05, 0.1) is 5.75 Å². The molecule has 2 aromatic carbocycles. The monoisotopic (exact) mass is 372 g/mol. The molecule has 0 aliphatic rings. The minimum Gasteiger partial charge on any atom is -0.422 e. The highest BCUT2D eigenvalue weighted by atomic mass is 32.2. The fourth-order valence-corrected chi connectivity index (χ4v) is 2.89. The van der Waals surface area contributed by atoms with Gasteiger partial charge in [0.25, 0.3) is 5.91 Å². The highest BCUT2D eigenvalue weighted by molar-refractivity contribution is 8.00. The van der Waals surface area contributed by atoms with Gasteiger partial charge < -0.3 is 4.42 Å². The topological polar surface area (TPSA) is 88.4 Å². The average Bonchev–Trinajstić information content (AvgIpc) is 2.65. The Labute approximate surface area is 151 Å². The van der Waals surface area contributed by atoms with Crippen LogP contribution in [0.5, 0.6) is 0 Å². The van der Waals surface area contributed by atoms with Crippen LogP contribution in [0.4, 0.5) is 4.39 Å². The molecule has 3 aromatic rings. The van der Waals surface area contributed by atoms with Crippen molar-refractivity contribution in [2.75, 3.05) is 5.75 Å². The van der Waals surface area contributed by atoms with Crippen LogP contribution < -0.4 is 16.5 Å². The molecule has 0 aliphatic heterocycles. The highest BCUT2D eigenvalue weighted by Crippen LogP contribution is 2.20. The molecule has 132 valence electrons. The van der Waals surface area contributed by atoms with Gasteiger partial charge in [-0.05, 0) is 24.3 Å². The first-order valence-electron chi connectivity index (χ1n) is 7.54. The van der Waals surface area contributed by atoms with Crippen molar-refractivity contribution < 1.29 is 18.4 Å². The number of rotatable bonds is 4. The quantitative estimate of drug-likeness (QED) is 0.417. The first kappa shape index (κ1) is 17.7. The average molecular weight is 372 g/mol. The molecular formula is C18H13FN2O4S. The van der Waals surface area contributed by atoms with Crippen molar-refractivity contribution in [3.05, 3.63) is 76.4 Å². The van der Waals surface area contributed by atoms with Crippen LogP contribution in [-0.4, -0.2) is 17.6 Å². The Kier molecular flexibility index (Phi) is 5.33. The second-order valence-electron chi connectivity index (χ2n) is 5.21. The zero-order valence-electron chi connectivity index (χ0n) is 13.3. The lowest BCUT2D eigenvalue weighted by molar-refractivity contribution is -0.119. The van der Waals surface area contributed by atoms with Crippen molar-refractivity contribution in [2.45, 2.75) is 4.90 Å². The number of fused-ring (bicyclic) bond motifs is 1. The summed E-state index contributed by atoms with van der Waals surface area (Å²) in [4.78, 5) is 36.1. The Morgan fingerprint density at radius 3 is 2.58 bits per heavy atom. The SMILES string of the molecule is O=C(CSc1ccccc1F)NNC(=O)c1cc2ccccc2oc1=O. The normalized spacial score (nSPS) is 10.5. The van der Waals surface area contributed by atoms with Gasteiger partial charge in [0, 0.05) is 10.3 Å². The highest BCUT2D eigenvalue weighted by Gasteiger charge is 2.14. The van der Waals surface area contributed by atoms with Crippen molar-refractivity contribution in [3.63, 3.8) is 0 Å². The molecule has 0 bridgehead atoms. The van der Waals surface area contributed by atoms with E-state index in [0.717, 1.165) is 11.8 Å². The van der Waals surface area contributed by atoms with E-state index in [-0.39, 0.29) is 11.3 Å². The van der Waals surface area contributed by atoms with E-state index < -0.39 is 23.3 Å². The van der Waals surface area contributed by atoms with Crippen molar-refractivity contribution >= 4 is 34.5 Å². The van der Waals surface area contributed by atoms with E-state index in [0.29, 0.717) is 15.9 Å². The minimum absolute atomic E-state index is 0.104. The summed E-state index contributed by atoms with van der Waals surface area (Å²) in [7, 11) is 0. The van der Waals surface area contributed by atoms with Crippen LogP contribution >= 0.6 is 11.8 Å². The number of benzene rings is 2. The van der Waals surface area contributed by atoms with Gasteiger partial charge in [-0.25, -0.2) is 9.18 Å². The van der Waals surface area contributed by atoms with Gasteiger partial charge in [0.15, 0.2) is 0 Å². The van der Waals surface area contributed by atoms with Crippen molar-refractivity contribution in [2.24, 2.45) is 0 Å². The summed E-state index contributed by atoms with van der Waals surface area (Å²) in [5.74, 6) is -1.87. The number of carbonyl (C=O) groups is 2. The Morgan fingerprint density at radius 2 is 1.77 bits per heavy atom. The molecule has 2 N–H and O–H groups in total. The van der Waals surface area contributed by atoms with E-state index in [1.165, 1.54) is 12.1 Å². The molecule has 2 amide bonds. The van der Waals surface area contributed by atoms with Gasteiger partial charge in [0.1, 0.15) is 17.0 Å². The lowest BCUT2D eigenvalue weighted by Gasteiger charge is -2.07. The maximum Gasteiger partial charge on any atom is 0.349 e. The fourth-order valence-electron chi connectivity index (χ4n) is 2.16. The van der Waals surface area contributed by atoms with Crippen LogP contribution in [0, 0.1) is 5.82 Å². The predicted octanol–water partition coefficient (Wildman–Crippen LogP) is 2.49. The second-order valence-corrected chi connectivity index (χ2v) is 6.22. The third-order valence-corrected chi connectivity index (χ3v) is 4.45. The Bertz CT molecular complexity index is 1030. The third-order valence-electron chi connectivity index (χ3n) is 3.40. The first-order chi connectivity index (χ1) is 12.5. The van der Waals surface area contributed by atoms with Crippen LogP contribution in [0.2, 0.25) is 0 Å². The molecule has 0 spiro atoms. The minimum atomic E-state index is -0.809. The Hall–Kier alpha value is -3.13. The van der Waals surface area contributed by atoms with Crippen LogP contribution in [0.1, 0.15) is 10.4 Å². The molecular weight excluding hydrogens is 359 g/mol. The molecule has 26 heavy (non-hydrogen) atoms. The maximum absolute atomic E-state index is 13.5. The number of hydrogen-bond donors (Lipinski definition) is 2. The molecule has 0 radical (unpaired) electrons. The lowest BCUT2D eigenvalue weighted by atomic mass is 10.2. The second kappa shape index (κ2) is 7.83. The zero-order chi connectivity index (χ0) is 18.5.